The summed E-state index contributed by atoms with van der Waals surface area (Å²) in [6.07, 6.45) is 6.52. The molecule has 0 bridgehead atoms. The molecular formula is C20H23FN2O. The van der Waals surface area contributed by atoms with Crippen molar-refractivity contribution in [2.75, 3.05) is 6.54 Å². The van der Waals surface area contributed by atoms with Gasteiger partial charge in [0.2, 0.25) is 5.91 Å². The van der Waals surface area contributed by atoms with Crippen molar-refractivity contribution >= 4 is 5.91 Å². The number of hydrogen-bond donors (Lipinski definition) is 1. The predicted molar refractivity (Wildman–Crippen MR) is 92.0 cm³/mol. The van der Waals surface area contributed by atoms with E-state index in [0.717, 1.165) is 30.4 Å². The molecular weight excluding hydrogens is 303 g/mol. The van der Waals surface area contributed by atoms with Crippen LogP contribution < -0.4 is 5.32 Å². The van der Waals surface area contributed by atoms with Crippen LogP contribution in [0.2, 0.25) is 0 Å². The summed E-state index contributed by atoms with van der Waals surface area (Å²) in [6.45, 7) is 4.49. The van der Waals surface area contributed by atoms with E-state index in [1.54, 1.807) is 12.4 Å². The van der Waals surface area contributed by atoms with Gasteiger partial charge >= 0.3 is 0 Å². The molecule has 1 aromatic carbocycles. The summed E-state index contributed by atoms with van der Waals surface area (Å²) >= 11 is 0. The summed E-state index contributed by atoms with van der Waals surface area (Å²) < 4.78 is 13.0. The Balaban J connectivity index is 1.60. The van der Waals surface area contributed by atoms with Crippen molar-refractivity contribution in [3.8, 4) is 0 Å². The largest absolute Gasteiger partial charge is 0.355 e. The molecule has 0 unspecified atom stereocenters. The smallest absolute Gasteiger partial charge is 0.230 e. The van der Waals surface area contributed by atoms with Gasteiger partial charge in [0.05, 0.1) is 5.41 Å². The van der Waals surface area contributed by atoms with Gasteiger partial charge in [-0.1, -0.05) is 18.2 Å². The van der Waals surface area contributed by atoms with Gasteiger partial charge < -0.3 is 5.32 Å². The van der Waals surface area contributed by atoms with Crippen LogP contribution in [-0.4, -0.2) is 17.4 Å². The van der Waals surface area contributed by atoms with E-state index < -0.39 is 5.41 Å². The highest BCUT2D eigenvalue weighted by molar-refractivity contribution is 5.87. The summed E-state index contributed by atoms with van der Waals surface area (Å²) in [5.41, 5.74) is 1.54. The Hall–Kier alpha value is -2.23. The zero-order valence-corrected chi connectivity index (χ0v) is 14.2. The molecule has 2 aromatic rings. The Morgan fingerprint density at radius 3 is 2.54 bits per heavy atom. The maximum Gasteiger partial charge on any atom is 0.230 e. The van der Waals surface area contributed by atoms with Crippen molar-refractivity contribution in [2.24, 2.45) is 5.41 Å². The van der Waals surface area contributed by atoms with Crippen molar-refractivity contribution in [3.63, 3.8) is 0 Å². The third kappa shape index (κ3) is 3.64. The van der Waals surface area contributed by atoms with Gasteiger partial charge in [0.1, 0.15) is 5.82 Å². The molecule has 0 aliphatic heterocycles. The maximum atomic E-state index is 13.0. The van der Waals surface area contributed by atoms with Crippen LogP contribution in [0.3, 0.4) is 0 Å². The lowest BCUT2D eigenvalue weighted by molar-refractivity contribution is -0.125. The van der Waals surface area contributed by atoms with Gasteiger partial charge in [-0.2, -0.15) is 0 Å². The Bertz CT molecular complexity index is 706. The van der Waals surface area contributed by atoms with Gasteiger partial charge in [0.25, 0.3) is 0 Å². The molecule has 1 saturated carbocycles. The molecule has 1 heterocycles. The summed E-state index contributed by atoms with van der Waals surface area (Å²) in [6, 6.07) is 10.4. The van der Waals surface area contributed by atoms with Crippen LogP contribution in [0.1, 0.15) is 37.8 Å². The summed E-state index contributed by atoms with van der Waals surface area (Å²) in [4.78, 5) is 16.8. The molecule has 1 aromatic heterocycles. The van der Waals surface area contributed by atoms with Crippen LogP contribution in [0.5, 0.6) is 0 Å². The first-order valence-corrected chi connectivity index (χ1v) is 8.35. The molecule has 3 nitrogen and oxygen atoms in total. The minimum Gasteiger partial charge on any atom is -0.355 e. The Labute approximate surface area is 142 Å². The van der Waals surface area contributed by atoms with E-state index >= 15 is 0 Å². The zero-order chi connectivity index (χ0) is 17.2. The lowest BCUT2D eigenvalue weighted by Gasteiger charge is -2.25. The molecule has 1 amide bonds. The summed E-state index contributed by atoms with van der Waals surface area (Å²) in [5, 5.41) is 3.12. The van der Waals surface area contributed by atoms with Crippen LogP contribution in [0.4, 0.5) is 4.39 Å². The van der Waals surface area contributed by atoms with Crippen LogP contribution in [0, 0.1) is 11.2 Å². The number of aromatic nitrogens is 1. The highest BCUT2D eigenvalue weighted by Gasteiger charge is 2.43. The number of rotatable bonds is 6. The monoisotopic (exact) mass is 326 g/mol. The van der Waals surface area contributed by atoms with Gasteiger partial charge in [-0.3, -0.25) is 9.78 Å². The Morgan fingerprint density at radius 1 is 1.25 bits per heavy atom. The van der Waals surface area contributed by atoms with Crippen LogP contribution in [0.25, 0.3) is 0 Å². The fourth-order valence-corrected chi connectivity index (χ4v) is 2.98. The first-order valence-electron chi connectivity index (χ1n) is 8.35. The molecule has 0 radical (unpaired) electrons. The van der Waals surface area contributed by atoms with Crippen molar-refractivity contribution < 1.29 is 9.18 Å². The molecule has 1 aliphatic rings. The van der Waals surface area contributed by atoms with E-state index in [0.29, 0.717) is 6.54 Å². The molecule has 1 aliphatic carbocycles. The lowest BCUT2D eigenvalue weighted by Crippen LogP contribution is -2.42. The molecule has 0 spiro atoms. The number of hydrogen-bond acceptors (Lipinski definition) is 2. The number of nitrogens with zero attached hydrogens (tertiary/aromatic N) is 1. The lowest BCUT2D eigenvalue weighted by atomic mass is 9.84. The maximum absolute atomic E-state index is 13.0. The molecule has 0 atom stereocenters. The molecule has 1 fully saturated rings. The molecule has 126 valence electrons. The second kappa shape index (κ2) is 6.34. The Kier molecular flexibility index (Phi) is 4.39. The zero-order valence-electron chi connectivity index (χ0n) is 14.2. The van der Waals surface area contributed by atoms with Gasteiger partial charge in [-0.15, -0.1) is 0 Å². The molecule has 24 heavy (non-hydrogen) atoms. The second-order valence-electron chi connectivity index (χ2n) is 7.35. The normalized spacial score (nSPS) is 15.8. The van der Waals surface area contributed by atoms with Crippen molar-refractivity contribution in [3.05, 3.63) is 65.7 Å². The van der Waals surface area contributed by atoms with Crippen LogP contribution in [0.15, 0.2) is 48.8 Å². The van der Waals surface area contributed by atoms with E-state index in [4.69, 9.17) is 0 Å². The van der Waals surface area contributed by atoms with Gasteiger partial charge in [-0.25, -0.2) is 4.39 Å². The minimum absolute atomic E-state index is 0.0147. The van der Waals surface area contributed by atoms with E-state index in [9.17, 15) is 9.18 Å². The predicted octanol–water partition coefficient (Wildman–Crippen LogP) is 3.64. The molecule has 4 heteroatoms. The second-order valence-corrected chi connectivity index (χ2v) is 7.35. The van der Waals surface area contributed by atoms with Crippen molar-refractivity contribution in [2.45, 2.75) is 38.5 Å². The highest BCUT2D eigenvalue weighted by Crippen LogP contribution is 2.48. The van der Waals surface area contributed by atoms with E-state index in [1.807, 2.05) is 38.1 Å². The topological polar surface area (TPSA) is 42.0 Å². The van der Waals surface area contributed by atoms with Crippen molar-refractivity contribution in [1.29, 1.82) is 0 Å². The van der Waals surface area contributed by atoms with Crippen molar-refractivity contribution in [1.82, 2.24) is 10.3 Å². The van der Waals surface area contributed by atoms with Gasteiger partial charge in [0, 0.05) is 18.9 Å². The first-order chi connectivity index (χ1) is 11.4. The van der Waals surface area contributed by atoms with E-state index in [1.165, 1.54) is 12.1 Å². The quantitative estimate of drug-likeness (QED) is 0.880. The number of carbonyl (C=O) groups is 1. The third-order valence-corrected chi connectivity index (χ3v) is 5.02. The number of halogens is 1. The molecule has 3 rings (SSSR count). The standard InChI is InChI=1S/C20H23FN2O/c1-19(2,16-4-3-11-22-13-16)18(24)23-14-20(9-10-20)12-15-5-7-17(21)8-6-15/h3-8,11,13H,9-10,12,14H2,1-2H3,(H,23,24). The molecule has 0 saturated heterocycles. The number of carbonyl (C=O) groups excluding carboxylic acids is 1. The third-order valence-electron chi connectivity index (χ3n) is 5.02. The number of nitrogens with one attached hydrogen (secondary N) is 1. The van der Waals surface area contributed by atoms with E-state index in [-0.39, 0.29) is 17.1 Å². The highest BCUT2D eigenvalue weighted by atomic mass is 19.1. The molecule has 1 N–H and O–H groups in total. The Morgan fingerprint density at radius 2 is 1.96 bits per heavy atom. The number of amides is 1. The minimum atomic E-state index is -0.611. The fraction of sp³-hybridized carbons (Fsp3) is 0.400. The fourth-order valence-electron chi connectivity index (χ4n) is 2.98. The van der Waals surface area contributed by atoms with Gasteiger partial charge in [0.15, 0.2) is 0 Å². The first kappa shape index (κ1) is 16.6. The number of pyridine rings is 1. The average molecular weight is 326 g/mol. The summed E-state index contributed by atoms with van der Waals surface area (Å²) in [5.74, 6) is -0.198. The van der Waals surface area contributed by atoms with Crippen LogP contribution in [-0.2, 0) is 16.6 Å². The number of benzene rings is 1. The van der Waals surface area contributed by atoms with Crippen LogP contribution >= 0.6 is 0 Å². The van der Waals surface area contributed by atoms with Gasteiger partial charge in [-0.05, 0) is 67.9 Å². The average Bonchev–Trinajstić information content (AvgIpc) is 3.35. The summed E-state index contributed by atoms with van der Waals surface area (Å²) in [7, 11) is 0. The van der Waals surface area contributed by atoms with E-state index in [2.05, 4.69) is 10.3 Å². The SMILES string of the molecule is CC(C)(C(=O)NCC1(Cc2ccc(F)cc2)CC1)c1cccnc1.